The molecule has 2 aromatic carbocycles. The minimum atomic E-state index is -3.50. The van der Waals surface area contributed by atoms with E-state index in [0.717, 1.165) is 35.5 Å². The van der Waals surface area contributed by atoms with Crippen LogP contribution in [0.5, 0.6) is 0 Å². The molecule has 0 spiro atoms. The monoisotopic (exact) mass is 350 g/mol. The second-order valence-electron chi connectivity index (χ2n) is 5.51. The molecule has 0 bridgehead atoms. The maximum Gasteiger partial charge on any atom is 0.279 e. The van der Waals surface area contributed by atoms with Crippen LogP contribution < -0.4 is 4.13 Å². The Balaban J connectivity index is 2.20. The Morgan fingerprint density at radius 2 is 1.61 bits per heavy atom. The van der Waals surface area contributed by atoms with Crippen LogP contribution in [0, 0.1) is 6.92 Å². The van der Waals surface area contributed by atoms with Crippen LogP contribution in [0.1, 0.15) is 31.7 Å². The van der Waals surface area contributed by atoms with Crippen molar-refractivity contribution in [1.29, 1.82) is 0 Å². The lowest BCUT2D eigenvalue weighted by Crippen LogP contribution is -2.33. The second-order valence-corrected chi connectivity index (χ2v) is 9.32. The fourth-order valence-corrected chi connectivity index (χ4v) is 6.06. The van der Waals surface area contributed by atoms with Gasteiger partial charge in [-0.3, -0.25) is 0 Å². The zero-order valence-electron chi connectivity index (χ0n) is 13.7. The van der Waals surface area contributed by atoms with Gasteiger partial charge >= 0.3 is 0 Å². The van der Waals surface area contributed by atoms with Gasteiger partial charge in [-0.25, -0.2) is 8.42 Å². The molecule has 0 aliphatic rings. The second kappa shape index (κ2) is 8.52. The zero-order valence-corrected chi connectivity index (χ0v) is 15.3. The summed E-state index contributed by atoms with van der Waals surface area (Å²) in [4.78, 5) is 1.37. The van der Waals surface area contributed by atoms with Crippen molar-refractivity contribution in [3.63, 3.8) is 0 Å². The Bertz CT molecular complexity index is 698. The Labute approximate surface area is 142 Å². The summed E-state index contributed by atoms with van der Waals surface area (Å²) in [7, 11) is -3.50. The standard InChI is InChI=1S/C18H24NO2S2/c1-3-4-8-15-22(17-9-6-5-7-10-17)19-23(20,21)18-13-11-16(2)12-14-18/h5-7,9-14,19H,3-4,8,15H2,1-2H3/q+1. The topological polar surface area (TPSA) is 46.2 Å². The Hall–Kier alpha value is -1.30. The summed E-state index contributed by atoms with van der Waals surface area (Å²) in [5.74, 6) is 0.836. The predicted octanol–water partition coefficient (Wildman–Crippen LogP) is 4.06. The van der Waals surface area contributed by atoms with Crippen LogP contribution in [0.3, 0.4) is 0 Å². The maximum atomic E-state index is 12.7. The molecule has 0 amide bonds. The molecule has 1 unspecified atom stereocenters. The molecule has 5 heteroatoms. The number of aryl methyl sites for hydroxylation is 1. The highest BCUT2D eigenvalue weighted by Gasteiger charge is 2.29. The van der Waals surface area contributed by atoms with Crippen molar-refractivity contribution in [3.8, 4) is 0 Å². The Morgan fingerprint density at radius 1 is 0.957 bits per heavy atom. The van der Waals surface area contributed by atoms with Gasteiger partial charge in [0.1, 0.15) is 16.8 Å². The number of benzene rings is 2. The molecule has 0 aliphatic heterocycles. The van der Waals surface area contributed by atoms with Crippen molar-refractivity contribution in [2.24, 2.45) is 0 Å². The molecule has 2 rings (SSSR count). The first-order valence-corrected chi connectivity index (χ1v) is 10.8. The highest BCUT2D eigenvalue weighted by atomic mass is 32.3. The van der Waals surface area contributed by atoms with E-state index >= 15 is 0 Å². The van der Waals surface area contributed by atoms with E-state index in [1.807, 2.05) is 49.4 Å². The van der Waals surface area contributed by atoms with Crippen molar-refractivity contribution >= 4 is 21.1 Å². The van der Waals surface area contributed by atoms with Crippen LogP contribution >= 0.6 is 0 Å². The molecular weight excluding hydrogens is 326 g/mol. The fourth-order valence-electron chi connectivity index (χ4n) is 2.19. The Kier molecular flexibility index (Phi) is 6.69. The molecule has 0 aromatic heterocycles. The van der Waals surface area contributed by atoms with Gasteiger partial charge in [-0.15, -0.1) is 0 Å². The SMILES string of the molecule is CCCCC[S+](NS(=O)(=O)c1ccc(C)cc1)c1ccccc1. The van der Waals surface area contributed by atoms with Gasteiger partial charge in [0.25, 0.3) is 10.0 Å². The average molecular weight is 351 g/mol. The van der Waals surface area contributed by atoms with E-state index < -0.39 is 21.1 Å². The van der Waals surface area contributed by atoms with Crippen molar-refractivity contribution in [2.45, 2.75) is 42.9 Å². The van der Waals surface area contributed by atoms with E-state index in [-0.39, 0.29) is 0 Å². The van der Waals surface area contributed by atoms with Gasteiger partial charge in [-0.2, -0.15) is 0 Å². The first kappa shape index (κ1) is 18.0. The fraction of sp³-hybridized carbons (Fsp3) is 0.333. The highest BCUT2D eigenvalue weighted by molar-refractivity contribution is 8.07. The first-order valence-electron chi connectivity index (χ1n) is 7.88. The molecule has 3 nitrogen and oxygen atoms in total. The molecule has 0 fully saturated rings. The van der Waals surface area contributed by atoms with E-state index in [2.05, 4.69) is 11.1 Å². The van der Waals surface area contributed by atoms with Crippen molar-refractivity contribution in [3.05, 3.63) is 60.2 Å². The van der Waals surface area contributed by atoms with E-state index in [1.165, 1.54) is 0 Å². The van der Waals surface area contributed by atoms with Crippen LogP contribution in [0.2, 0.25) is 0 Å². The quantitative estimate of drug-likeness (QED) is 0.576. The van der Waals surface area contributed by atoms with Gasteiger partial charge in [-0.05, 0) is 48.2 Å². The van der Waals surface area contributed by atoms with E-state index in [0.29, 0.717) is 4.90 Å². The number of nitrogens with one attached hydrogen (secondary N) is 1. The van der Waals surface area contributed by atoms with Gasteiger partial charge in [0.05, 0.1) is 4.90 Å². The van der Waals surface area contributed by atoms with Crippen molar-refractivity contribution in [1.82, 2.24) is 4.13 Å². The summed E-state index contributed by atoms with van der Waals surface area (Å²) in [6.45, 7) is 4.10. The molecule has 0 heterocycles. The minimum Gasteiger partial charge on any atom is -0.203 e. The van der Waals surface area contributed by atoms with Gasteiger partial charge in [0.15, 0.2) is 4.90 Å². The van der Waals surface area contributed by atoms with E-state index in [4.69, 9.17) is 0 Å². The highest BCUT2D eigenvalue weighted by Crippen LogP contribution is 2.18. The van der Waals surface area contributed by atoms with Crippen LogP contribution in [0.15, 0.2) is 64.4 Å². The molecule has 2 aromatic rings. The number of sulfonamides is 1. The molecule has 124 valence electrons. The molecule has 23 heavy (non-hydrogen) atoms. The molecular formula is C18H24NO2S2+. The lowest BCUT2D eigenvalue weighted by Gasteiger charge is -2.10. The summed E-state index contributed by atoms with van der Waals surface area (Å²) in [5, 5.41) is 0. The van der Waals surface area contributed by atoms with Crippen molar-refractivity contribution in [2.75, 3.05) is 5.75 Å². The smallest absolute Gasteiger partial charge is 0.203 e. The Morgan fingerprint density at radius 3 is 2.22 bits per heavy atom. The van der Waals surface area contributed by atoms with Crippen LogP contribution in [-0.2, 0) is 21.1 Å². The molecule has 0 aliphatic carbocycles. The van der Waals surface area contributed by atoms with Crippen LogP contribution in [0.25, 0.3) is 0 Å². The maximum absolute atomic E-state index is 12.7. The van der Waals surface area contributed by atoms with E-state index in [1.54, 1.807) is 12.1 Å². The third-order valence-corrected chi connectivity index (χ3v) is 7.63. The zero-order chi connectivity index (χ0) is 16.7. The van der Waals surface area contributed by atoms with Crippen molar-refractivity contribution < 1.29 is 8.42 Å². The van der Waals surface area contributed by atoms with Crippen LogP contribution in [-0.4, -0.2) is 14.2 Å². The van der Waals surface area contributed by atoms with Gasteiger partial charge in [0, 0.05) is 0 Å². The minimum absolute atomic E-state index is 0.326. The summed E-state index contributed by atoms with van der Waals surface area (Å²) in [6.07, 6.45) is 3.25. The molecule has 0 radical (unpaired) electrons. The summed E-state index contributed by atoms with van der Waals surface area (Å²) >= 11 is -0.503. The molecule has 1 atom stereocenters. The summed E-state index contributed by atoms with van der Waals surface area (Å²) in [6, 6.07) is 16.8. The first-order chi connectivity index (χ1) is 11.0. The number of hydrogen-bond acceptors (Lipinski definition) is 2. The van der Waals surface area contributed by atoms with Gasteiger partial charge in [0.2, 0.25) is 0 Å². The predicted molar refractivity (Wildman–Crippen MR) is 98.0 cm³/mol. The summed E-state index contributed by atoms with van der Waals surface area (Å²) < 4.78 is 28.2. The molecule has 1 N–H and O–H groups in total. The third kappa shape index (κ3) is 5.37. The lowest BCUT2D eigenvalue weighted by molar-refractivity contribution is 0.594. The molecule has 0 saturated heterocycles. The largest absolute Gasteiger partial charge is 0.279 e. The number of unbranched alkanes of at least 4 members (excludes halogenated alkanes) is 2. The van der Waals surface area contributed by atoms with E-state index in [9.17, 15) is 8.42 Å². The number of rotatable bonds is 8. The number of hydrogen-bond donors (Lipinski definition) is 1. The normalized spacial score (nSPS) is 13.0. The lowest BCUT2D eigenvalue weighted by atomic mass is 10.2. The molecule has 0 saturated carbocycles. The average Bonchev–Trinajstić information content (AvgIpc) is 2.55. The summed E-state index contributed by atoms with van der Waals surface area (Å²) in [5.41, 5.74) is 1.05. The van der Waals surface area contributed by atoms with Gasteiger partial charge in [-0.1, -0.05) is 49.2 Å². The van der Waals surface area contributed by atoms with Gasteiger partial charge < -0.3 is 0 Å². The van der Waals surface area contributed by atoms with Crippen LogP contribution in [0.4, 0.5) is 0 Å². The third-order valence-electron chi connectivity index (χ3n) is 3.52.